The van der Waals surface area contributed by atoms with E-state index in [1.165, 1.54) is 4.90 Å². The number of fused-ring (bicyclic) bond motifs is 1. The molecule has 3 aromatic carbocycles. The molecule has 0 radical (unpaired) electrons. The van der Waals surface area contributed by atoms with Crippen molar-refractivity contribution in [1.29, 1.82) is 0 Å². The van der Waals surface area contributed by atoms with Crippen LogP contribution < -0.4 is 0 Å². The maximum Gasteiger partial charge on any atom is 0.293 e. The lowest BCUT2D eigenvalue weighted by Crippen LogP contribution is -2.27. The zero-order valence-corrected chi connectivity index (χ0v) is 19.6. The van der Waals surface area contributed by atoms with Crippen molar-refractivity contribution < 1.29 is 14.0 Å². The number of carbonyl (C=O) groups excluding carboxylic acids is 2. The molecule has 1 saturated heterocycles. The van der Waals surface area contributed by atoms with Crippen LogP contribution >= 0.6 is 27.7 Å². The number of benzene rings is 3. The van der Waals surface area contributed by atoms with Crippen LogP contribution in [0.5, 0.6) is 0 Å². The number of imide groups is 1. The maximum absolute atomic E-state index is 12.9. The number of furan rings is 1. The predicted molar refractivity (Wildman–Crippen MR) is 132 cm³/mol. The molecule has 0 bridgehead atoms. The molecule has 0 spiro atoms. The lowest BCUT2D eigenvalue weighted by Gasteiger charge is -2.13. The molecular weight excluding hydrogens is 486 g/mol. The van der Waals surface area contributed by atoms with Crippen LogP contribution in [-0.4, -0.2) is 16.0 Å². The van der Waals surface area contributed by atoms with Crippen LogP contribution in [-0.2, 0) is 11.3 Å². The van der Waals surface area contributed by atoms with E-state index in [2.05, 4.69) is 15.9 Å². The van der Waals surface area contributed by atoms with Crippen LogP contribution in [0.1, 0.15) is 16.9 Å². The molecule has 5 rings (SSSR count). The Bertz CT molecular complexity index is 1410. The molecule has 1 fully saturated rings. The molecule has 0 saturated carbocycles. The number of carbonyl (C=O) groups is 2. The number of hydrogen-bond donors (Lipinski definition) is 0. The van der Waals surface area contributed by atoms with Gasteiger partial charge in [0.15, 0.2) is 0 Å². The molecule has 4 nitrogen and oxygen atoms in total. The molecule has 158 valence electrons. The van der Waals surface area contributed by atoms with Crippen LogP contribution in [0.4, 0.5) is 4.79 Å². The highest BCUT2D eigenvalue weighted by Gasteiger charge is 2.35. The number of halogens is 1. The van der Waals surface area contributed by atoms with Gasteiger partial charge in [0.1, 0.15) is 11.5 Å². The minimum atomic E-state index is -0.303. The summed E-state index contributed by atoms with van der Waals surface area (Å²) in [7, 11) is 0. The average Bonchev–Trinajstić information content (AvgIpc) is 3.34. The predicted octanol–water partition coefficient (Wildman–Crippen LogP) is 7.41. The fraction of sp³-hybridized carbons (Fsp3) is 0.0769. The second kappa shape index (κ2) is 8.45. The van der Waals surface area contributed by atoms with Crippen molar-refractivity contribution in [1.82, 2.24) is 4.90 Å². The smallest absolute Gasteiger partial charge is 0.293 e. The van der Waals surface area contributed by atoms with Gasteiger partial charge in [0.2, 0.25) is 0 Å². The van der Waals surface area contributed by atoms with Crippen molar-refractivity contribution in [3.05, 3.63) is 99.1 Å². The Balaban J connectivity index is 1.37. The summed E-state index contributed by atoms with van der Waals surface area (Å²) in [6.45, 7) is 2.27. The van der Waals surface area contributed by atoms with E-state index in [0.717, 1.165) is 43.7 Å². The number of nitrogens with zero attached hydrogens (tertiary/aromatic N) is 1. The van der Waals surface area contributed by atoms with Crippen LogP contribution in [0.25, 0.3) is 28.2 Å². The second-order valence-electron chi connectivity index (χ2n) is 7.63. The SMILES string of the molecule is Cc1ccc(-c2ccc(/C=C3\SC(=O)N(Cc4ccc5ccccc5c4)C3=O)o2)c(Br)c1. The molecule has 32 heavy (non-hydrogen) atoms. The first-order valence-corrected chi connectivity index (χ1v) is 11.7. The van der Waals surface area contributed by atoms with Gasteiger partial charge >= 0.3 is 0 Å². The van der Waals surface area contributed by atoms with Crippen molar-refractivity contribution in [2.75, 3.05) is 0 Å². The van der Waals surface area contributed by atoms with E-state index in [9.17, 15) is 9.59 Å². The average molecular weight is 504 g/mol. The van der Waals surface area contributed by atoms with E-state index < -0.39 is 0 Å². The largest absolute Gasteiger partial charge is 0.457 e. The molecule has 2 amide bonds. The first-order chi connectivity index (χ1) is 15.5. The molecule has 1 aliphatic rings. The summed E-state index contributed by atoms with van der Waals surface area (Å²) in [5, 5.41) is 1.93. The number of aryl methyl sites for hydroxylation is 1. The van der Waals surface area contributed by atoms with Crippen LogP contribution in [0.2, 0.25) is 0 Å². The number of thioether (sulfide) groups is 1. The summed E-state index contributed by atoms with van der Waals surface area (Å²) in [6.07, 6.45) is 1.64. The minimum absolute atomic E-state index is 0.243. The van der Waals surface area contributed by atoms with Crippen molar-refractivity contribution in [2.24, 2.45) is 0 Å². The van der Waals surface area contributed by atoms with Crippen LogP contribution in [0, 0.1) is 6.92 Å². The zero-order chi connectivity index (χ0) is 22.2. The van der Waals surface area contributed by atoms with Gasteiger partial charge in [-0.3, -0.25) is 14.5 Å². The van der Waals surface area contributed by atoms with Crippen molar-refractivity contribution in [2.45, 2.75) is 13.5 Å². The van der Waals surface area contributed by atoms with Gasteiger partial charge in [0, 0.05) is 16.1 Å². The van der Waals surface area contributed by atoms with Gasteiger partial charge in [-0.1, -0.05) is 58.4 Å². The van der Waals surface area contributed by atoms with E-state index in [1.54, 1.807) is 12.1 Å². The highest BCUT2D eigenvalue weighted by atomic mass is 79.9. The standard InChI is InChI=1S/C26H18BrNO3S/c1-16-6-10-21(22(27)12-16)23-11-9-20(31-23)14-24-25(29)28(26(30)32-24)15-17-7-8-18-4-2-3-5-19(18)13-17/h2-14H,15H2,1H3/b24-14-. The summed E-state index contributed by atoms with van der Waals surface area (Å²) in [6, 6.07) is 23.7. The Morgan fingerprint density at radius 3 is 2.59 bits per heavy atom. The molecule has 0 N–H and O–H groups in total. The summed E-state index contributed by atoms with van der Waals surface area (Å²) in [5.41, 5.74) is 2.99. The third kappa shape index (κ3) is 4.04. The lowest BCUT2D eigenvalue weighted by atomic mass is 10.1. The Morgan fingerprint density at radius 1 is 0.969 bits per heavy atom. The second-order valence-corrected chi connectivity index (χ2v) is 9.48. The Kier molecular flexibility index (Phi) is 5.49. The van der Waals surface area contributed by atoms with E-state index in [1.807, 2.05) is 73.7 Å². The Morgan fingerprint density at radius 2 is 1.78 bits per heavy atom. The zero-order valence-electron chi connectivity index (χ0n) is 17.2. The molecule has 0 aliphatic carbocycles. The molecule has 6 heteroatoms. The number of hydrogen-bond acceptors (Lipinski definition) is 4. The van der Waals surface area contributed by atoms with E-state index >= 15 is 0 Å². The first kappa shape index (κ1) is 20.8. The number of rotatable bonds is 4. The number of amides is 2. The lowest BCUT2D eigenvalue weighted by molar-refractivity contribution is -0.123. The molecule has 0 unspecified atom stereocenters. The van der Waals surface area contributed by atoms with E-state index in [-0.39, 0.29) is 17.7 Å². The summed E-state index contributed by atoms with van der Waals surface area (Å²) < 4.78 is 6.87. The van der Waals surface area contributed by atoms with Gasteiger partial charge in [0.05, 0.1) is 11.4 Å². The van der Waals surface area contributed by atoms with Crippen molar-refractivity contribution in [3.8, 4) is 11.3 Å². The summed E-state index contributed by atoms with van der Waals surface area (Å²) in [5.74, 6) is 0.921. The van der Waals surface area contributed by atoms with E-state index in [4.69, 9.17) is 4.42 Å². The van der Waals surface area contributed by atoms with E-state index in [0.29, 0.717) is 16.4 Å². The third-order valence-corrected chi connectivity index (χ3v) is 6.88. The summed E-state index contributed by atoms with van der Waals surface area (Å²) in [4.78, 5) is 27.1. The molecule has 2 heterocycles. The molecule has 1 aliphatic heterocycles. The highest BCUT2D eigenvalue weighted by Crippen LogP contribution is 2.35. The Labute approximate surface area is 198 Å². The minimum Gasteiger partial charge on any atom is -0.457 e. The third-order valence-electron chi connectivity index (χ3n) is 5.32. The molecule has 4 aromatic rings. The fourth-order valence-corrected chi connectivity index (χ4v) is 5.19. The van der Waals surface area contributed by atoms with Gasteiger partial charge in [0.25, 0.3) is 11.1 Å². The monoisotopic (exact) mass is 503 g/mol. The van der Waals surface area contributed by atoms with Gasteiger partial charge in [-0.25, -0.2) is 0 Å². The maximum atomic E-state index is 12.9. The highest BCUT2D eigenvalue weighted by molar-refractivity contribution is 9.10. The van der Waals surface area contributed by atoms with Crippen molar-refractivity contribution in [3.63, 3.8) is 0 Å². The van der Waals surface area contributed by atoms with Crippen LogP contribution in [0.15, 0.2) is 86.6 Å². The van der Waals surface area contributed by atoms with Gasteiger partial charge < -0.3 is 4.42 Å². The fourth-order valence-electron chi connectivity index (χ4n) is 3.68. The van der Waals surface area contributed by atoms with Gasteiger partial charge in [-0.2, -0.15) is 0 Å². The molecule has 0 atom stereocenters. The molecule has 1 aromatic heterocycles. The topological polar surface area (TPSA) is 50.5 Å². The Hall–Kier alpha value is -3.09. The van der Waals surface area contributed by atoms with Crippen LogP contribution in [0.3, 0.4) is 0 Å². The summed E-state index contributed by atoms with van der Waals surface area (Å²) >= 11 is 4.51. The van der Waals surface area contributed by atoms with Gasteiger partial charge in [-0.15, -0.1) is 0 Å². The first-order valence-electron chi connectivity index (χ1n) is 10.1. The quantitative estimate of drug-likeness (QED) is 0.272. The van der Waals surface area contributed by atoms with Crippen molar-refractivity contribution >= 4 is 55.7 Å². The normalized spacial score (nSPS) is 15.3. The van der Waals surface area contributed by atoms with Gasteiger partial charge in [-0.05, 0) is 70.9 Å². The molecular formula is C26H18BrNO3S.